The quantitative estimate of drug-likeness (QED) is 0.190. The molecule has 0 radical (unpaired) electrons. The van der Waals surface area contributed by atoms with Gasteiger partial charge in [0.1, 0.15) is 47.8 Å². The molecule has 6 rings (SSSR count). The summed E-state index contributed by atoms with van der Waals surface area (Å²) in [6.07, 6.45) is -5.62. The molecule has 2 aromatic rings. The molecule has 4 N–H and O–H groups in total. The molecule has 2 aromatic carbocycles. The van der Waals surface area contributed by atoms with Crippen molar-refractivity contribution < 1.29 is 79.1 Å². The van der Waals surface area contributed by atoms with Crippen molar-refractivity contribution in [2.75, 3.05) is 61.9 Å². The van der Waals surface area contributed by atoms with Crippen LogP contribution in [0.15, 0.2) is 42.5 Å². The minimum atomic E-state index is -4.80. The number of benzene rings is 2. The number of carbonyl (C=O) groups is 11. The van der Waals surface area contributed by atoms with Crippen LogP contribution in [0.2, 0.25) is 5.02 Å². The second-order valence-electron chi connectivity index (χ2n) is 27.4. The van der Waals surface area contributed by atoms with Crippen LogP contribution < -0.4 is 21.3 Å². The van der Waals surface area contributed by atoms with Crippen LogP contribution in [-0.2, 0) is 77.9 Å². The maximum absolute atomic E-state index is 15.3. The minimum absolute atomic E-state index is 0.0174. The molecule has 0 aromatic heterocycles. The van der Waals surface area contributed by atoms with Crippen molar-refractivity contribution in [1.82, 2.24) is 55.6 Å². The standard InChI is InChI=1S/C68H96ClF6N11O11/c1-13-40(4)56-64(96)81(8)37-54(88)80(7)38-55(89)84(11)52(36-44-22-26-46(27-23-44)67(70,71)72)63(95)82(9)42(6)58(90)77-49(29-25-43-24-28-47(48(69)35-43)68(73,74)75)62(94)86-32-18-21-50(86)60(92)79-66(30-16-17-31-66)65(97)85(12)57(45-19-14-15-20-45)61(93)76-41(5)34-53(87)83(10)51(33-39(2)3)59(91)78-56/h22-24,26-28,35,39-42,45,49-52,56-57H,13-21,25,29-34,36-38H2,1-12H3,(H,76,93)(H,77,90)(H,78,91)(H,79,92)/t40-,41+,42+,49-,50?,51-,52-,56-,57-/m0/s1. The number of likely N-dealkylation sites (N-methyl/N-ethyl adjacent to an activating group) is 6. The zero-order valence-electron chi connectivity index (χ0n) is 57.6. The Kier molecular flexibility index (Phi) is 27.0. The summed E-state index contributed by atoms with van der Waals surface area (Å²) < 4.78 is 82.8. The molecule has 22 nitrogen and oxygen atoms in total. The van der Waals surface area contributed by atoms with Crippen molar-refractivity contribution in [3.63, 3.8) is 0 Å². The van der Waals surface area contributed by atoms with Gasteiger partial charge in [-0.2, -0.15) is 26.3 Å². The molecular formula is C68H96ClF6N11O11. The lowest BCUT2D eigenvalue weighted by atomic mass is 9.90. The third kappa shape index (κ3) is 19.7. The highest BCUT2D eigenvalue weighted by Gasteiger charge is 2.51. The molecule has 2 aliphatic heterocycles. The summed E-state index contributed by atoms with van der Waals surface area (Å²) in [4.78, 5) is 169. The number of alkyl halides is 6. The first-order valence-corrected chi connectivity index (χ1v) is 33.8. The highest BCUT2D eigenvalue weighted by molar-refractivity contribution is 6.31. The molecule has 2 saturated carbocycles. The number of halogens is 7. The van der Waals surface area contributed by atoms with Crippen LogP contribution >= 0.6 is 11.6 Å². The second kappa shape index (κ2) is 33.4. The van der Waals surface area contributed by atoms with Crippen LogP contribution in [0.25, 0.3) is 0 Å². The van der Waals surface area contributed by atoms with E-state index in [0.29, 0.717) is 32.1 Å². The Morgan fingerprint density at radius 3 is 1.78 bits per heavy atom. The van der Waals surface area contributed by atoms with E-state index in [4.69, 9.17) is 11.6 Å². The average Bonchev–Trinajstić information content (AvgIpc) is 1.76. The van der Waals surface area contributed by atoms with Gasteiger partial charge in [0.2, 0.25) is 65.0 Å². The van der Waals surface area contributed by atoms with Crippen molar-refractivity contribution in [2.24, 2.45) is 17.8 Å². The highest BCUT2D eigenvalue weighted by atomic mass is 35.5. The summed E-state index contributed by atoms with van der Waals surface area (Å²) in [6, 6.07) is -3.25. The van der Waals surface area contributed by atoms with E-state index in [0.717, 1.165) is 74.9 Å². The summed E-state index contributed by atoms with van der Waals surface area (Å²) in [6.45, 7) is 8.81. The Labute approximate surface area is 568 Å². The van der Waals surface area contributed by atoms with E-state index in [-0.39, 0.29) is 80.9 Å². The van der Waals surface area contributed by atoms with Crippen LogP contribution in [0.1, 0.15) is 154 Å². The number of aryl methyl sites for hydroxylation is 1. The van der Waals surface area contributed by atoms with Gasteiger partial charge in [-0.25, -0.2) is 0 Å². The first kappa shape index (κ1) is 78.5. The molecule has 1 unspecified atom stereocenters. The van der Waals surface area contributed by atoms with Crippen LogP contribution in [0.4, 0.5) is 26.3 Å². The lowest BCUT2D eigenvalue weighted by Crippen LogP contribution is -2.64. The Balaban J connectivity index is 1.41. The largest absolute Gasteiger partial charge is 0.417 e. The lowest BCUT2D eigenvalue weighted by Gasteiger charge is -2.40. The van der Waals surface area contributed by atoms with E-state index in [1.807, 2.05) is 13.8 Å². The van der Waals surface area contributed by atoms with Crippen LogP contribution in [0.3, 0.4) is 0 Å². The van der Waals surface area contributed by atoms with Crippen molar-refractivity contribution >= 4 is 76.6 Å². The maximum atomic E-state index is 15.3. The molecule has 97 heavy (non-hydrogen) atoms. The van der Waals surface area contributed by atoms with Crippen LogP contribution in [-0.4, -0.2) is 215 Å². The molecule has 4 aliphatic rings. The highest BCUT2D eigenvalue weighted by Crippen LogP contribution is 2.38. The van der Waals surface area contributed by atoms with E-state index in [1.54, 1.807) is 20.8 Å². The fraction of sp³-hybridized carbons (Fsp3) is 0.662. The van der Waals surface area contributed by atoms with E-state index >= 15 is 9.59 Å². The molecule has 1 spiro atoms. The van der Waals surface area contributed by atoms with E-state index in [1.165, 1.54) is 63.9 Å². The number of rotatable bonds is 10. The average molecular weight is 1390 g/mol. The summed E-state index contributed by atoms with van der Waals surface area (Å²) in [5, 5.41) is 10.9. The molecule has 2 saturated heterocycles. The molecule has 538 valence electrons. The second-order valence-corrected chi connectivity index (χ2v) is 27.8. The zero-order valence-corrected chi connectivity index (χ0v) is 58.4. The number of fused-ring (bicyclic) bond motifs is 1. The third-order valence-corrected chi connectivity index (χ3v) is 20.1. The van der Waals surface area contributed by atoms with Gasteiger partial charge in [0.15, 0.2) is 0 Å². The fourth-order valence-corrected chi connectivity index (χ4v) is 13.8. The summed E-state index contributed by atoms with van der Waals surface area (Å²) in [5.74, 6) is -8.91. The van der Waals surface area contributed by atoms with Gasteiger partial charge in [-0.1, -0.05) is 89.6 Å². The Hall–Kier alpha value is -7.52. The number of amides is 11. The van der Waals surface area contributed by atoms with Gasteiger partial charge in [-0.05, 0) is 125 Å². The summed E-state index contributed by atoms with van der Waals surface area (Å²) in [5.41, 5.74) is -3.28. The maximum Gasteiger partial charge on any atom is 0.417 e. The summed E-state index contributed by atoms with van der Waals surface area (Å²) in [7, 11) is 7.97. The van der Waals surface area contributed by atoms with Gasteiger partial charge >= 0.3 is 12.4 Å². The van der Waals surface area contributed by atoms with Crippen molar-refractivity contribution in [1.29, 1.82) is 0 Å². The smallest absolute Gasteiger partial charge is 0.351 e. The summed E-state index contributed by atoms with van der Waals surface area (Å²) >= 11 is 6.11. The van der Waals surface area contributed by atoms with Gasteiger partial charge in [-0.3, -0.25) is 52.7 Å². The number of nitrogens with one attached hydrogen (secondary N) is 4. The Morgan fingerprint density at radius 2 is 1.21 bits per heavy atom. The minimum Gasteiger partial charge on any atom is -0.351 e. The van der Waals surface area contributed by atoms with Crippen molar-refractivity contribution in [3.8, 4) is 0 Å². The monoisotopic (exact) mass is 1390 g/mol. The van der Waals surface area contributed by atoms with Crippen molar-refractivity contribution in [2.45, 2.75) is 211 Å². The predicted octanol–water partition coefficient (Wildman–Crippen LogP) is 6.38. The first-order valence-electron chi connectivity index (χ1n) is 33.4. The lowest BCUT2D eigenvalue weighted by molar-refractivity contribution is -0.150. The van der Waals surface area contributed by atoms with Crippen LogP contribution in [0, 0.1) is 17.8 Å². The zero-order chi connectivity index (χ0) is 72.3. The van der Waals surface area contributed by atoms with Gasteiger partial charge in [-0.15, -0.1) is 0 Å². The molecular weight excluding hydrogens is 1300 g/mol. The van der Waals surface area contributed by atoms with Gasteiger partial charge in [0, 0.05) is 67.7 Å². The van der Waals surface area contributed by atoms with E-state index in [9.17, 15) is 69.5 Å². The van der Waals surface area contributed by atoms with E-state index in [2.05, 4.69) is 21.3 Å². The topological polar surface area (TPSA) is 259 Å². The predicted molar refractivity (Wildman–Crippen MR) is 348 cm³/mol. The van der Waals surface area contributed by atoms with Gasteiger partial charge < -0.3 is 55.6 Å². The fourth-order valence-electron chi connectivity index (χ4n) is 13.5. The molecule has 0 bridgehead atoms. The Bertz CT molecular complexity index is 3200. The molecule has 2 heterocycles. The van der Waals surface area contributed by atoms with E-state index < -0.39 is 173 Å². The van der Waals surface area contributed by atoms with Crippen molar-refractivity contribution in [3.05, 3.63) is 69.7 Å². The van der Waals surface area contributed by atoms with Gasteiger partial charge in [0.25, 0.3) is 0 Å². The molecule has 11 amide bonds. The molecule has 29 heteroatoms. The number of nitrogens with zero attached hydrogens (tertiary/aromatic N) is 7. The third-order valence-electron chi connectivity index (χ3n) is 19.8. The molecule has 4 fully saturated rings. The van der Waals surface area contributed by atoms with Crippen LogP contribution in [0.5, 0.6) is 0 Å². The molecule has 2 aliphatic carbocycles. The number of hydrogen-bond donors (Lipinski definition) is 4. The normalized spacial score (nSPS) is 26.0. The molecule has 9 atom stereocenters. The first-order chi connectivity index (χ1) is 45.3. The van der Waals surface area contributed by atoms with Gasteiger partial charge in [0.05, 0.1) is 29.2 Å². The number of hydrogen-bond acceptors (Lipinski definition) is 11. The SMILES string of the molecule is CC[C@H](C)[C@@H]1NC(=O)[C@H](CC(C)C)N(C)C(=O)C[C@@H](C)NC(=O)[C@H](C2CCCC2)N(C)C(=O)C2(CCCC2)NC(=O)C2CCCN2C(=O)[C@H](CCc2ccc(C(F)(F)F)c(Cl)c2)NC(=O)[C@@H](C)N(C)C(=O)[C@H](Cc2ccc(C(F)(F)F)cc2)N(C)C(=O)CN(C)C(=O)CN(C)C1=O. The Morgan fingerprint density at radius 1 is 0.608 bits per heavy atom. The number of carbonyl (C=O) groups excluding carboxylic acids is 11.